The van der Waals surface area contributed by atoms with Gasteiger partial charge in [-0.2, -0.15) is 0 Å². The highest BCUT2D eigenvalue weighted by molar-refractivity contribution is 5.22. The molecule has 0 radical (unpaired) electrons. The van der Waals surface area contributed by atoms with Gasteiger partial charge in [0.1, 0.15) is 0 Å². The van der Waals surface area contributed by atoms with Gasteiger partial charge in [0.25, 0.3) is 0 Å². The van der Waals surface area contributed by atoms with Gasteiger partial charge in [0.15, 0.2) is 0 Å². The summed E-state index contributed by atoms with van der Waals surface area (Å²) in [7, 11) is 0. The maximum Gasteiger partial charge on any atom is 0.306 e. The fraction of sp³-hybridized carbons (Fsp3) is 0.833. The Hall–Kier alpha value is -1.02. The van der Waals surface area contributed by atoms with Gasteiger partial charge in [-0.25, -0.2) is 13.1 Å². The van der Waals surface area contributed by atoms with Crippen LogP contribution in [-0.2, 0) is 0 Å². The smallest absolute Gasteiger partial charge is 0.304 e. The second-order valence-electron chi connectivity index (χ2n) is 5.40. The molecule has 0 spiro atoms. The van der Waals surface area contributed by atoms with Crippen LogP contribution in [0.15, 0.2) is 0 Å². The minimum absolute atomic E-state index is 0.0350. The predicted octanol–water partition coefficient (Wildman–Crippen LogP) is 2.77. The third-order valence-electron chi connectivity index (χ3n) is 4.58. The highest BCUT2D eigenvalue weighted by Gasteiger charge is 2.66. The van der Waals surface area contributed by atoms with Crippen molar-refractivity contribution >= 4 is 0 Å². The van der Waals surface area contributed by atoms with E-state index >= 15 is 0 Å². The van der Waals surface area contributed by atoms with Gasteiger partial charge in [0.2, 0.25) is 0 Å². The van der Waals surface area contributed by atoms with Crippen molar-refractivity contribution in [2.45, 2.75) is 43.7 Å². The Morgan fingerprint density at radius 1 is 1.00 bits per heavy atom. The predicted molar refractivity (Wildman–Crippen MR) is 53.3 cm³/mol. The highest BCUT2D eigenvalue weighted by atomic mass is 15.0. The van der Waals surface area contributed by atoms with Crippen LogP contribution < -0.4 is 0 Å². The van der Waals surface area contributed by atoms with Gasteiger partial charge in [-0.1, -0.05) is 0 Å². The van der Waals surface area contributed by atoms with Crippen LogP contribution in [0.4, 0.5) is 0 Å². The van der Waals surface area contributed by atoms with Crippen LogP contribution in [-0.4, -0.2) is 11.6 Å². The summed E-state index contributed by atoms with van der Waals surface area (Å²) in [5.74, 6) is 2.12. The van der Waals surface area contributed by atoms with Gasteiger partial charge in [-0.05, 0) is 31.1 Å². The first-order valence-electron chi connectivity index (χ1n) is 5.52. The van der Waals surface area contributed by atoms with E-state index in [0.717, 1.165) is 24.7 Å². The van der Waals surface area contributed by atoms with Crippen molar-refractivity contribution in [3.05, 3.63) is 22.8 Å². The first kappa shape index (κ1) is 8.30. The lowest BCUT2D eigenvalue weighted by molar-refractivity contribution is 0.0118. The fourth-order valence-electron chi connectivity index (χ4n) is 4.35. The van der Waals surface area contributed by atoms with Crippen LogP contribution in [0.3, 0.4) is 0 Å². The molecule has 0 heterocycles. The molecule has 14 heavy (non-hydrogen) atoms. The first-order chi connectivity index (χ1) is 6.77. The van der Waals surface area contributed by atoms with E-state index in [1.165, 1.54) is 19.3 Å². The monoisotopic (exact) mass is 186 g/mol. The normalized spacial score (nSPS) is 53.9. The lowest BCUT2D eigenvalue weighted by atomic mass is 9.51. The second-order valence-corrected chi connectivity index (χ2v) is 5.40. The standard InChI is InChI=1S/C12H14N2/c1-13-11-10-4-8-3-9(5-10)7-12(11,6-8)14-2/h8-11H,3-7H2. The van der Waals surface area contributed by atoms with Crippen LogP contribution in [0.25, 0.3) is 9.69 Å². The second kappa shape index (κ2) is 2.51. The minimum Gasteiger partial charge on any atom is -0.304 e. The topological polar surface area (TPSA) is 8.72 Å². The SMILES string of the molecule is [C-]#[N+]C1C2CC3CC(C2)CC1([N+]#[C-])C3. The Balaban J connectivity index is 2.04. The van der Waals surface area contributed by atoms with Crippen molar-refractivity contribution in [1.82, 2.24) is 0 Å². The third-order valence-corrected chi connectivity index (χ3v) is 4.58. The molecule has 0 aromatic rings. The van der Waals surface area contributed by atoms with Gasteiger partial charge < -0.3 is 9.69 Å². The zero-order chi connectivity index (χ0) is 9.76. The molecule has 4 aliphatic carbocycles. The van der Waals surface area contributed by atoms with Gasteiger partial charge >= 0.3 is 11.6 Å². The van der Waals surface area contributed by atoms with Crippen LogP contribution >= 0.6 is 0 Å². The molecule has 0 saturated heterocycles. The van der Waals surface area contributed by atoms with E-state index < -0.39 is 0 Å². The van der Waals surface area contributed by atoms with Gasteiger partial charge in [0.05, 0.1) is 0 Å². The van der Waals surface area contributed by atoms with Gasteiger partial charge in [-0.3, -0.25) is 0 Å². The number of hydrogen-bond donors (Lipinski definition) is 0. The molecule has 4 rings (SSSR count). The quantitative estimate of drug-likeness (QED) is 0.514. The number of nitrogens with zero attached hydrogens (tertiary/aromatic N) is 2. The summed E-state index contributed by atoms with van der Waals surface area (Å²) >= 11 is 0. The van der Waals surface area contributed by atoms with E-state index in [4.69, 9.17) is 13.1 Å². The molecule has 3 atom stereocenters. The average molecular weight is 186 g/mol. The summed E-state index contributed by atoms with van der Waals surface area (Å²) in [4.78, 5) is 7.63. The summed E-state index contributed by atoms with van der Waals surface area (Å²) in [5.41, 5.74) is -0.253. The molecule has 4 fully saturated rings. The van der Waals surface area contributed by atoms with Crippen molar-refractivity contribution in [1.29, 1.82) is 0 Å². The molecule has 3 unspecified atom stereocenters. The Labute approximate surface area is 84.9 Å². The van der Waals surface area contributed by atoms with Crippen LogP contribution in [0.1, 0.15) is 32.1 Å². The molecule has 0 aromatic heterocycles. The Morgan fingerprint density at radius 3 is 2.14 bits per heavy atom. The molecule has 2 nitrogen and oxygen atoms in total. The zero-order valence-corrected chi connectivity index (χ0v) is 8.24. The van der Waals surface area contributed by atoms with Crippen molar-refractivity contribution < 1.29 is 0 Å². The highest BCUT2D eigenvalue weighted by Crippen LogP contribution is 2.58. The Morgan fingerprint density at radius 2 is 1.64 bits per heavy atom. The lowest BCUT2D eigenvalue weighted by Gasteiger charge is -2.50. The van der Waals surface area contributed by atoms with E-state index in [1.54, 1.807) is 0 Å². The molecule has 0 aliphatic heterocycles. The minimum atomic E-state index is -0.253. The first-order valence-corrected chi connectivity index (χ1v) is 5.52. The lowest BCUT2D eigenvalue weighted by Crippen LogP contribution is -2.57. The molecule has 4 aliphatic rings. The molecule has 2 heteroatoms. The molecule has 0 amide bonds. The summed E-state index contributed by atoms with van der Waals surface area (Å²) in [6.07, 6.45) is 5.87. The van der Waals surface area contributed by atoms with E-state index in [-0.39, 0.29) is 11.6 Å². The molecular formula is C12H14N2. The average Bonchev–Trinajstić information content (AvgIpc) is 2.16. The van der Waals surface area contributed by atoms with Crippen molar-refractivity contribution in [2.75, 3.05) is 0 Å². The van der Waals surface area contributed by atoms with Gasteiger partial charge in [-0.15, -0.1) is 0 Å². The van der Waals surface area contributed by atoms with Crippen molar-refractivity contribution in [3.8, 4) is 0 Å². The Kier molecular flexibility index (Phi) is 1.49. The summed E-state index contributed by atoms with van der Waals surface area (Å²) < 4.78 is 0. The molecule has 4 saturated carbocycles. The molecule has 0 N–H and O–H groups in total. The summed E-state index contributed by atoms with van der Waals surface area (Å²) in [6.45, 7) is 14.7. The van der Waals surface area contributed by atoms with Crippen LogP contribution in [0.5, 0.6) is 0 Å². The van der Waals surface area contributed by atoms with Crippen LogP contribution in [0, 0.1) is 30.9 Å². The molecule has 0 aromatic carbocycles. The van der Waals surface area contributed by atoms with E-state index in [9.17, 15) is 0 Å². The van der Waals surface area contributed by atoms with Crippen molar-refractivity contribution in [3.63, 3.8) is 0 Å². The molecular weight excluding hydrogens is 172 g/mol. The maximum atomic E-state index is 7.40. The van der Waals surface area contributed by atoms with E-state index in [2.05, 4.69) is 9.69 Å². The Bertz CT molecular complexity index is 332. The largest absolute Gasteiger partial charge is 0.306 e. The van der Waals surface area contributed by atoms with E-state index in [0.29, 0.717) is 5.92 Å². The van der Waals surface area contributed by atoms with Crippen LogP contribution in [0.2, 0.25) is 0 Å². The fourth-order valence-corrected chi connectivity index (χ4v) is 4.35. The maximum absolute atomic E-state index is 7.40. The molecule has 4 bridgehead atoms. The number of rotatable bonds is 0. The van der Waals surface area contributed by atoms with E-state index in [1.807, 2.05) is 0 Å². The number of hydrogen-bond acceptors (Lipinski definition) is 0. The zero-order valence-electron chi connectivity index (χ0n) is 8.24. The summed E-state index contributed by atoms with van der Waals surface area (Å²) in [6, 6.07) is 0.0350. The third kappa shape index (κ3) is 0.845. The summed E-state index contributed by atoms with van der Waals surface area (Å²) in [5, 5.41) is 0. The van der Waals surface area contributed by atoms with Crippen molar-refractivity contribution in [2.24, 2.45) is 17.8 Å². The van der Waals surface area contributed by atoms with Gasteiger partial charge in [0, 0.05) is 18.8 Å². The molecule has 72 valence electrons.